The Balaban J connectivity index is 1.60. The topological polar surface area (TPSA) is 23.8 Å². The Bertz CT molecular complexity index is 1080. The summed E-state index contributed by atoms with van der Waals surface area (Å²) in [6, 6.07) is 6.39. The molecule has 2 aliphatic rings. The van der Waals surface area contributed by atoms with Gasteiger partial charge in [-0.3, -0.25) is 0 Å². The molecule has 168 valence electrons. The van der Waals surface area contributed by atoms with Crippen LogP contribution in [-0.4, -0.2) is 0 Å². The highest BCUT2D eigenvalue weighted by Crippen LogP contribution is 2.42. The summed E-state index contributed by atoms with van der Waals surface area (Å²) >= 11 is 0. The Labute approximate surface area is 184 Å². The van der Waals surface area contributed by atoms with Crippen molar-refractivity contribution in [2.45, 2.75) is 64.0 Å². The number of nitrogens with zero attached hydrogens (tertiary/aromatic N) is 1. The van der Waals surface area contributed by atoms with Gasteiger partial charge >= 0.3 is 6.18 Å². The van der Waals surface area contributed by atoms with E-state index in [2.05, 4.69) is 6.92 Å². The first kappa shape index (κ1) is 22.5. The van der Waals surface area contributed by atoms with E-state index in [0.717, 1.165) is 44.2 Å². The zero-order chi connectivity index (χ0) is 23.0. The molecule has 0 aliphatic heterocycles. The van der Waals surface area contributed by atoms with Gasteiger partial charge in [-0.2, -0.15) is 18.4 Å². The van der Waals surface area contributed by atoms with Crippen molar-refractivity contribution in [3.05, 3.63) is 69.3 Å². The molecular formula is C26H24F5N. The van der Waals surface area contributed by atoms with Crippen molar-refractivity contribution in [3.63, 3.8) is 0 Å². The summed E-state index contributed by atoms with van der Waals surface area (Å²) in [5.41, 5.74) is -0.0776. The van der Waals surface area contributed by atoms with Crippen LogP contribution >= 0.6 is 0 Å². The second-order valence-corrected chi connectivity index (χ2v) is 8.92. The van der Waals surface area contributed by atoms with Crippen molar-refractivity contribution in [1.29, 1.82) is 5.26 Å². The molecule has 2 aromatic rings. The first-order chi connectivity index (χ1) is 15.2. The molecule has 2 aromatic carbocycles. The van der Waals surface area contributed by atoms with Gasteiger partial charge in [0.1, 0.15) is 11.6 Å². The maximum atomic E-state index is 15.0. The fourth-order valence-electron chi connectivity index (χ4n) is 5.21. The van der Waals surface area contributed by atoms with Crippen molar-refractivity contribution in [1.82, 2.24) is 0 Å². The SMILES string of the molecule is CCCC1CCC(c2cc(F)c(C3=Cc4cc(C#N)c(C(F)(F)F)cc4C3)c(F)c2)CC1. The number of hydrogen-bond acceptors (Lipinski definition) is 1. The molecule has 32 heavy (non-hydrogen) atoms. The van der Waals surface area contributed by atoms with E-state index in [1.807, 2.05) is 0 Å². The van der Waals surface area contributed by atoms with Crippen LogP contribution in [-0.2, 0) is 12.6 Å². The molecule has 6 heteroatoms. The van der Waals surface area contributed by atoms with E-state index in [9.17, 15) is 13.2 Å². The van der Waals surface area contributed by atoms with Crippen molar-refractivity contribution in [2.75, 3.05) is 0 Å². The van der Waals surface area contributed by atoms with Gasteiger partial charge in [0, 0.05) is 5.56 Å². The molecule has 4 rings (SSSR count). The summed E-state index contributed by atoms with van der Waals surface area (Å²) in [7, 11) is 0. The highest BCUT2D eigenvalue weighted by molar-refractivity contribution is 5.89. The van der Waals surface area contributed by atoms with Gasteiger partial charge < -0.3 is 0 Å². The third kappa shape index (κ3) is 4.30. The van der Waals surface area contributed by atoms with Crippen LogP contribution in [0, 0.1) is 28.9 Å². The fraction of sp³-hybridized carbons (Fsp3) is 0.423. The van der Waals surface area contributed by atoms with Crippen molar-refractivity contribution >= 4 is 11.6 Å². The number of benzene rings is 2. The van der Waals surface area contributed by atoms with Crippen molar-refractivity contribution in [2.24, 2.45) is 5.92 Å². The second-order valence-electron chi connectivity index (χ2n) is 8.92. The highest BCUT2D eigenvalue weighted by atomic mass is 19.4. The number of hydrogen-bond donors (Lipinski definition) is 0. The van der Waals surface area contributed by atoms with Crippen LogP contribution in [0.15, 0.2) is 24.3 Å². The van der Waals surface area contributed by atoms with E-state index in [4.69, 9.17) is 5.26 Å². The minimum absolute atomic E-state index is 0.0144. The molecule has 1 saturated carbocycles. The Kier molecular flexibility index (Phi) is 6.11. The molecule has 2 aliphatic carbocycles. The van der Waals surface area contributed by atoms with Gasteiger partial charge in [0.25, 0.3) is 0 Å². The van der Waals surface area contributed by atoms with Gasteiger partial charge in [0.15, 0.2) is 0 Å². The molecule has 0 amide bonds. The lowest BCUT2D eigenvalue weighted by atomic mass is 9.77. The number of allylic oxidation sites excluding steroid dienone is 1. The smallest absolute Gasteiger partial charge is 0.206 e. The van der Waals surface area contributed by atoms with Crippen LogP contribution in [0.4, 0.5) is 22.0 Å². The summed E-state index contributed by atoms with van der Waals surface area (Å²) in [4.78, 5) is 0. The predicted octanol–water partition coefficient (Wildman–Crippen LogP) is 8.03. The molecule has 0 atom stereocenters. The van der Waals surface area contributed by atoms with Crippen LogP contribution in [0.25, 0.3) is 11.6 Å². The number of fused-ring (bicyclic) bond motifs is 1. The zero-order valence-electron chi connectivity index (χ0n) is 17.8. The van der Waals surface area contributed by atoms with Crippen LogP contribution in [0.1, 0.15) is 84.7 Å². The predicted molar refractivity (Wildman–Crippen MR) is 114 cm³/mol. The fourth-order valence-corrected chi connectivity index (χ4v) is 5.21. The molecule has 0 spiro atoms. The second kappa shape index (κ2) is 8.69. The normalized spacial score (nSPS) is 20.6. The van der Waals surface area contributed by atoms with E-state index in [-0.39, 0.29) is 23.5 Å². The zero-order valence-corrected chi connectivity index (χ0v) is 17.8. The maximum absolute atomic E-state index is 15.0. The molecule has 0 unspecified atom stereocenters. The third-order valence-electron chi connectivity index (χ3n) is 6.82. The van der Waals surface area contributed by atoms with Gasteiger partial charge in [-0.15, -0.1) is 0 Å². The molecule has 0 saturated heterocycles. The third-order valence-corrected chi connectivity index (χ3v) is 6.82. The Morgan fingerprint density at radius 1 is 1.00 bits per heavy atom. The summed E-state index contributed by atoms with van der Waals surface area (Å²) in [5, 5.41) is 9.09. The Morgan fingerprint density at radius 3 is 2.22 bits per heavy atom. The largest absolute Gasteiger partial charge is 0.417 e. The molecule has 1 fully saturated rings. The molecule has 0 bridgehead atoms. The summed E-state index contributed by atoms with van der Waals surface area (Å²) in [5.74, 6) is -0.562. The van der Waals surface area contributed by atoms with Crippen LogP contribution in [0.3, 0.4) is 0 Å². The average molecular weight is 445 g/mol. The molecule has 0 aromatic heterocycles. The van der Waals surface area contributed by atoms with Gasteiger partial charge in [-0.25, -0.2) is 8.78 Å². The van der Waals surface area contributed by atoms with Crippen LogP contribution in [0.2, 0.25) is 0 Å². The summed E-state index contributed by atoms with van der Waals surface area (Å²) in [6.07, 6.45) is 3.07. The van der Waals surface area contributed by atoms with Gasteiger partial charge in [0.2, 0.25) is 0 Å². The van der Waals surface area contributed by atoms with Crippen LogP contribution in [0.5, 0.6) is 0 Å². The quantitative estimate of drug-likeness (QED) is 0.437. The lowest BCUT2D eigenvalue weighted by Gasteiger charge is -2.29. The first-order valence-electron chi connectivity index (χ1n) is 11.0. The number of halogens is 5. The van der Waals surface area contributed by atoms with Crippen molar-refractivity contribution in [3.8, 4) is 6.07 Å². The number of rotatable bonds is 4. The van der Waals surface area contributed by atoms with E-state index in [0.29, 0.717) is 22.6 Å². The molecule has 0 N–H and O–H groups in total. The maximum Gasteiger partial charge on any atom is 0.417 e. The van der Waals surface area contributed by atoms with Gasteiger partial charge in [-0.05, 0) is 90.5 Å². The Hall–Kier alpha value is -2.68. The van der Waals surface area contributed by atoms with Gasteiger partial charge in [0.05, 0.1) is 17.2 Å². The van der Waals surface area contributed by atoms with E-state index in [1.54, 1.807) is 6.07 Å². The van der Waals surface area contributed by atoms with E-state index >= 15 is 8.78 Å². The minimum atomic E-state index is -4.67. The van der Waals surface area contributed by atoms with E-state index in [1.165, 1.54) is 24.6 Å². The van der Waals surface area contributed by atoms with Crippen molar-refractivity contribution < 1.29 is 22.0 Å². The lowest BCUT2D eigenvalue weighted by Crippen LogP contribution is -2.14. The number of nitriles is 1. The first-order valence-corrected chi connectivity index (χ1v) is 11.0. The lowest BCUT2D eigenvalue weighted by molar-refractivity contribution is -0.137. The number of alkyl halides is 3. The summed E-state index contributed by atoms with van der Waals surface area (Å²) in [6.45, 7) is 2.16. The molecule has 0 radical (unpaired) electrons. The Morgan fingerprint density at radius 2 is 1.66 bits per heavy atom. The standard InChI is InChI=1S/C26H24F5N/c1-2-3-15-4-6-16(7-5-15)19-12-23(27)25(24(28)13-19)20-8-17-10-21(14-32)22(26(29,30)31)11-18(17)9-20/h8,10-13,15-16H,2-7,9H2,1H3. The van der Waals surface area contributed by atoms with Crippen LogP contribution < -0.4 is 0 Å². The summed E-state index contributed by atoms with van der Waals surface area (Å²) < 4.78 is 69.8. The molecule has 1 nitrogen and oxygen atoms in total. The van der Waals surface area contributed by atoms with E-state index < -0.39 is 28.9 Å². The molecule has 0 heterocycles. The highest BCUT2D eigenvalue weighted by Gasteiger charge is 2.35. The molecular weight excluding hydrogens is 421 g/mol. The average Bonchev–Trinajstić information content (AvgIpc) is 3.14. The monoisotopic (exact) mass is 445 g/mol. The minimum Gasteiger partial charge on any atom is -0.206 e. The van der Waals surface area contributed by atoms with Gasteiger partial charge in [-0.1, -0.05) is 25.8 Å².